The SMILES string of the molecule is CC(C)(C)OC(=O)N1CCC(C)(C)C1=O. The highest BCUT2D eigenvalue weighted by Gasteiger charge is 2.43. The molecule has 0 aromatic rings. The van der Waals surface area contributed by atoms with Crippen LogP contribution >= 0.6 is 0 Å². The Hall–Kier alpha value is -1.06. The standard InChI is InChI=1S/C11H19NO3/c1-10(2,3)15-9(14)12-7-6-11(4,5)8(12)13/h6-7H2,1-5H3. The largest absolute Gasteiger partial charge is 0.443 e. The van der Waals surface area contributed by atoms with Crippen molar-refractivity contribution in [3.63, 3.8) is 0 Å². The first-order valence-corrected chi connectivity index (χ1v) is 5.18. The third-order valence-corrected chi connectivity index (χ3v) is 2.40. The van der Waals surface area contributed by atoms with Crippen LogP contribution < -0.4 is 0 Å². The lowest BCUT2D eigenvalue weighted by Crippen LogP contribution is -2.40. The van der Waals surface area contributed by atoms with Crippen LogP contribution in [-0.2, 0) is 9.53 Å². The van der Waals surface area contributed by atoms with Crippen LogP contribution in [0.4, 0.5) is 4.79 Å². The van der Waals surface area contributed by atoms with E-state index in [-0.39, 0.29) is 5.91 Å². The Balaban J connectivity index is 2.68. The van der Waals surface area contributed by atoms with Crippen molar-refractivity contribution in [1.82, 2.24) is 4.90 Å². The van der Waals surface area contributed by atoms with Gasteiger partial charge in [0.15, 0.2) is 0 Å². The molecule has 0 spiro atoms. The Morgan fingerprint density at radius 2 is 1.93 bits per heavy atom. The molecule has 0 bridgehead atoms. The Labute approximate surface area is 90.6 Å². The number of carbonyl (C=O) groups excluding carboxylic acids is 2. The van der Waals surface area contributed by atoms with Gasteiger partial charge in [-0.25, -0.2) is 9.69 Å². The lowest BCUT2D eigenvalue weighted by Gasteiger charge is -2.24. The van der Waals surface area contributed by atoms with E-state index >= 15 is 0 Å². The Kier molecular flexibility index (Phi) is 2.81. The molecule has 0 aliphatic carbocycles. The van der Waals surface area contributed by atoms with Crippen LogP contribution in [-0.4, -0.2) is 29.0 Å². The molecule has 1 heterocycles. The average molecular weight is 213 g/mol. The second-order valence-corrected chi connectivity index (χ2v) is 5.57. The van der Waals surface area contributed by atoms with E-state index in [0.717, 1.165) is 0 Å². The molecule has 1 fully saturated rings. The normalized spacial score (nSPS) is 20.6. The third-order valence-electron chi connectivity index (χ3n) is 2.40. The van der Waals surface area contributed by atoms with Crippen LogP contribution in [0.15, 0.2) is 0 Å². The minimum absolute atomic E-state index is 0.142. The van der Waals surface area contributed by atoms with Crippen molar-refractivity contribution in [1.29, 1.82) is 0 Å². The van der Waals surface area contributed by atoms with Gasteiger partial charge in [0, 0.05) is 12.0 Å². The van der Waals surface area contributed by atoms with Gasteiger partial charge in [0.05, 0.1) is 0 Å². The van der Waals surface area contributed by atoms with Gasteiger partial charge >= 0.3 is 6.09 Å². The van der Waals surface area contributed by atoms with E-state index < -0.39 is 17.1 Å². The van der Waals surface area contributed by atoms with E-state index in [1.807, 2.05) is 13.8 Å². The van der Waals surface area contributed by atoms with Crippen molar-refractivity contribution in [3.8, 4) is 0 Å². The fourth-order valence-corrected chi connectivity index (χ4v) is 1.46. The smallest absolute Gasteiger partial charge is 0.417 e. The lowest BCUT2D eigenvalue weighted by molar-refractivity contribution is -0.133. The predicted molar refractivity (Wildman–Crippen MR) is 56.3 cm³/mol. The Morgan fingerprint density at radius 3 is 2.27 bits per heavy atom. The highest BCUT2D eigenvalue weighted by molar-refractivity contribution is 5.96. The molecule has 1 rings (SSSR count). The molecule has 1 aliphatic heterocycles. The number of nitrogens with zero attached hydrogens (tertiary/aromatic N) is 1. The van der Waals surface area contributed by atoms with Gasteiger partial charge in [-0.3, -0.25) is 4.79 Å². The first-order valence-electron chi connectivity index (χ1n) is 5.18. The molecule has 1 aliphatic rings. The molecule has 0 saturated carbocycles. The topological polar surface area (TPSA) is 46.6 Å². The van der Waals surface area contributed by atoms with Crippen LogP contribution in [0.3, 0.4) is 0 Å². The lowest BCUT2D eigenvalue weighted by atomic mass is 9.92. The van der Waals surface area contributed by atoms with Gasteiger partial charge in [-0.2, -0.15) is 0 Å². The number of hydrogen-bond acceptors (Lipinski definition) is 3. The highest BCUT2D eigenvalue weighted by atomic mass is 16.6. The van der Waals surface area contributed by atoms with E-state index in [0.29, 0.717) is 13.0 Å². The van der Waals surface area contributed by atoms with E-state index in [4.69, 9.17) is 4.74 Å². The molecule has 0 N–H and O–H groups in total. The van der Waals surface area contributed by atoms with E-state index in [1.165, 1.54) is 4.90 Å². The van der Waals surface area contributed by atoms with Crippen molar-refractivity contribution in [2.24, 2.45) is 5.41 Å². The maximum atomic E-state index is 11.8. The molecule has 0 atom stereocenters. The van der Waals surface area contributed by atoms with Crippen molar-refractivity contribution in [2.45, 2.75) is 46.6 Å². The summed E-state index contributed by atoms with van der Waals surface area (Å²) in [4.78, 5) is 24.6. The van der Waals surface area contributed by atoms with Crippen LogP contribution in [0.25, 0.3) is 0 Å². The fraction of sp³-hybridized carbons (Fsp3) is 0.818. The van der Waals surface area contributed by atoms with Gasteiger partial charge in [0.25, 0.3) is 0 Å². The zero-order valence-electron chi connectivity index (χ0n) is 10.1. The second-order valence-electron chi connectivity index (χ2n) is 5.57. The van der Waals surface area contributed by atoms with Gasteiger partial charge < -0.3 is 4.74 Å². The second kappa shape index (κ2) is 3.51. The molecule has 4 nitrogen and oxygen atoms in total. The van der Waals surface area contributed by atoms with Crippen molar-refractivity contribution >= 4 is 12.0 Å². The van der Waals surface area contributed by atoms with Gasteiger partial charge in [0.1, 0.15) is 5.60 Å². The zero-order valence-corrected chi connectivity index (χ0v) is 10.1. The molecule has 15 heavy (non-hydrogen) atoms. The molecule has 1 saturated heterocycles. The maximum Gasteiger partial charge on any atom is 0.417 e. The average Bonchev–Trinajstić information content (AvgIpc) is 2.24. The summed E-state index contributed by atoms with van der Waals surface area (Å²) in [5, 5.41) is 0. The number of ether oxygens (including phenoxy) is 1. The van der Waals surface area contributed by atoms with Crippen LogP contribution in [0.5, 0.6) is 0 Å². The Bertz CT molecular complexity index is 289. The molecule has 0 radical (unpaired) electrons. The van der Waals surface area contributed by atoms with Gasteiger partial charge in [0.2, 0.25) is 5.91 Å². The van der Waals surface area contributed by atoms with Crippen LogP contribution in [0.2, 0.25) is 0 Å². The number of carbonyl (C=O) groups is 2. The summed E-state index contributed by atoms with van der Waals surface area (Å²) < 4.78 is 5.15. The quantitative estimate of drug-likeness (QED) is 0.619. The fourth-order valence-electron chi connectivity index (χ4n) is 1.46. The van der Waals surface area contributed by atoms with Gasteiger partial charge in [-0.1, -0.05) is 13.8 Å². The summed E-state index contributed by atoms with van der Waals surface area (Å²) in [7, 11) is 0. The third kappa shape index (κ3) is 2.70. The first-order chi connectivity index (χ1) is 6.63. The highest BCUT2D eigenvalue weighted by Crippen LogP contribution is 2.31. The molecule has 0 aromatic heterocycles. The van der Waals surface area contributed by atoms with Crippen molar-refractivity contribution in [2.75, 3.05) is 6.54 Å². The van der Waals surface area contributed by atoms with E-state index in [1.54, 1.807) is 20.8 Å². The first kappa shape index (κ1) is 12.0. The van der Waals surface area contributed by atoms with E-state index in [2.05, 4.69) is 0 Å². The number of rotatable bonds is 0. The van der Waals surface area contributed by atoms with Gasteiger partial charge in [-0.15, -0.1) is 0 Å². The summed E-state index contributed by atoms with van der Waals surface area (Å²) >= 11 is 0. The molecule has 0 unspecified atom stereocenters. The monoisotopic (exact) mass is 213 g/mol. The summed E-state index contributed by atoms with van der Waals surface area (Å²) in [5.74, 6) is -0.142. The predicted octanol–water partition coefficient (Wildman–Crippen LogP) is 2.18. The summed E-state index contributed by atoms with van der Waals surface area (Å²) in [6.07, 6.45) is 0.170. The minimum atomic E-state index is -0.551. The van der Waals surface area contributed by atoms with E-state index in [9.17, 15) is 9.59 Å². The van der Waals surface area contributed by atoms with Crippen LogP contribution in [0.1, 0.15) is 41.0 Å². The van der Waals surface area contributed by atoms with Crippen LogP contribution in [0, 0.1) is 5.41 Å². The van der Waals surface area contributed by atoms with Gasteiger partial charge in [-0.05, 0) is 27.2 Å². The molecular weight excluding hydrogens is 194 g/mol. The molecular formula is C11H19NO3. The molecule has 2 amide bonds. The molecule has 0 aromatic carbocycles. The number of imide groups is 1. The summed E-state index contributed by atoms with van der Waals surface area (Å²) in [6, 6.07) is 0. The van der Waals surface area contributed by atoms with Crippen molar-refractivity contribution < 1.29 is 14.3 Å². The Morgan fingerprint density at radius 1 is 1.40 bits per heavy atom. The number of likely N-dealkylation sites (tertiary alicyclic amines) is 1. The zero-order chi connectivity index (χ0) is 11.9. The minimum Gasteiger partial charge on any atom is -0.443 e. The summed E-state index contributed by atoms with van der Waals surface area (Å²) in [6.45, 7) is 9.52. The number of hydrogen-bond donors (Lipinski definition) is 0. The number of amides is 2. The summed E-state index contributed by atoms with van der Waals surface area (Å²) in [5.41, 5.74) is -0.985. The molecule has 86 valence electrons. The molecule has 4 heteroatoms. The van der Waals surface area contributed by atoms with Crippen molar-refractivity contribution in [3.05, 3.63) is 0 Å². The maximum absolute atomic E-state index is 11.8.